The zero-order chi connectivity index (χ0) is 31.0. The fourth-order valence-electron chi connectivity index (χ4n) is 7.94. The first-order valence-electron chi connectivity index (χ1n) is 16.0. The van der Waals surface area contributed by atoms with Gasteiger partial charge < -0.3 is 0 Å². The third-order valence-corrected chi connectivity index (χ3v) is 10.9. The lowest BCUT2D eigenvalue weighted by molar-refractivity contribution is 0.705. The van der Waals surface area contributed by atoms with Crippen molar-refractivity contribution in [3.05, 3.63) is 168 Å². The van der Waals surface area contributed by atoms with E-state index in [1.54, 1.807) is 0 Å². The predicted molar refractivity (Wildman–Crippen MR) is 203 cm³/mol. The number of hydrogen-bond acceptors (Lipinski definition) is 0. The maximum absolute atomic E-state index is 4.12. The maximum atomic E-state index is 4.12. The second-order valence-corrected chi connectivity index (χ2v) is 13.8. The Hall–Kier alpha value is -4.98. The van der Waals surface area contributed by atoms with Gasteiger partial charge in [-0.3, -0.25) is 0 Å². The van der Waals surface area contributed by atoms with Crippen molar-refractivity contribution in [3.8, 4) is 22.3 Å². The lowest BCUT2D eigenvalue weighted by atomic mass is 9.77. The Morgan fingerprint density at radius 3 is 1.54 bits per heavy atom. The highest BCUT2D eigenvalue weighted by atomic mass is 79.9. The largest absolute Gasteiger partial charge is 0.0616 e. The molecule has 0 aliphatic heterocycles. The van der Waals surface area contributed by atoms with Gasteiger partial charge >= 0.3 is 0 Å². The highest BCUT2D eigenvalue weighted by molar-refractivity contribution is 9.15. The third kappa shape index (κ3) is 3.98. The van der Waals surface area contributed by atoms with Gasteiger partial charge in [-0.15, -0.1) is 0 Å². The van der Waals surface area contributed by atoms with Gasteiger partial charge in [-0.2, -0.15) is 0 Å². The molecule has 0 N–H and O–H groups in total. The minimum absolute atomic E-state index is 0.140. The quantitative estimate of drug-likeness (QED) is 0.167. The average molecular weight is 652 g/mol. The number of fused-ring (bicyclic) bond motifs is 8. The standard InChI is InChI=1S/C45H31Br/c1-45(2)42-25-23-30(27-41(42)44(46)43(45)39-21-11-13-28-12-3-4-14-31(28)39)33-16-6-5-15-32(33)29-22-24-38-36-19-8-7-17-34(36)35-18-9-10-20-37(35)40(38)26-29/h3-27H,1-2H3. The zero-order valence-corrected chi connectivity index (χ0v) is 27.4. The molecule has 9 rings (SSSR count). The molecule has 0 heterocycles. The van der Waals surface area contributed by atoms with Crippen molar-refractivity contribution < 1.29 is 0 Å². The summed E-state index contributed by atoms with van der Waals surface area (Å²) in [6, 6.07) is 55.9. The molecular formula is C45H31Br. The SMILES string of the molecule is CC1(C)C(c2cccc3ccccc23)=C(Br)c2cc(-c3ccccc3-c3ccc4c5ccccc5c5ccccc5c4c3)ccc21. The first-order valence-corrected chi connectivity index (χ1v) is 16.8. The maximum Gasteiger partial charge on any atom is 0.0298 e. The van der Waals surface area contributed by atoms with Crippen molar-refractivity contribution in [2.45, 2.75) is 19.3 Å². The van der Waals surface area contributed by atoms with E-state index in [0.29, 0.717) is 0 Å². The first kappa shape index (κ1) is 27.3. The van der Waals surface area contributed by atoms with Gasteiger partial charge in [-0.1, -0.05) is 153 Å². The number of benzene rings is 8. The number of hydrogen-bond donors (Lipinski definition) is 0. The molecule has 0 unspecified atom stereocenters. The van der Waals surface area contributed by atoms with Crippen molar-refractivity contribution in [1.82, 2.24) is 0 Å². The molecule has 0 bridgehead atoms. The van der Waals surface area contributed by atoms with Gasteiger partial charge in [0.05, 0.1) is 0 Å². The molecule has 46 heavy (non-hydrogen) atoms. The van der Waals surface area contributed by atoms with E-state index in [1.165, 1.54) is 92.1 Å². The summed E-state index contributed by atoms with van der Waals surface area (Å²) in [5.41, 5.74) is 10.1. The summed E-state index contributed by atoms with van der Waals surface area (Å²) in [5, 5.41) is 10.4. The van der Waals surface area contributed by atoms with E-state index in [9.17, 15) is 0 Å². The van der Waals surface area contributed by atoms with Crippen LogP contribution in [-0.2, 0) is 5.41 Å². The minimum Gasteiger partial charge on any atom is -0.0616 e. The zero-order valence-electron chi connectivity index (χ0n) is 25.8. The van der Waals surface area contributed by atoms with E-state index < -0.39 is 0 Å². The van der Waals surface area contributed by atoms with E-state index in [2.05, 4.69) is 181 Å². The van der Waals surface area contributed by atoms with Gasteiger partial charge in [0.1, 0.15) is 0 Å². The molecule has 8 aromatic carbocycles. The van der Waals surface area contributed by atoms with Crippen LogP contribution in [0.15, 0.2) is 152 Å². The molecule has 0 atom stereocenters. The van der Waals surface area contributed by atoms with E-state index in [-0.39, 0.29) is 5.41 Å². The summed E-state index contributed by atoms with van der Waals surface area (Å²) >= 11 is 4.12. The molecule has 0 aromatic heterocycles. The minimum atomic E-state index is -0.140. The Balaban J connectivity index is 1.22. The highest BCUT2D eigenvalue weighted by Crippen LogP contribution is 2.55. The summed E-state index contributed by atoms with van der Waals surface area (Å²) in [7, 11) is 0. The summed E-state index contributed by atoms with van der Waals surface area (Å²) < 4.78 is 1.19. The van der Waals surface area contributed by atoms with Crippen LogP contribution < -0.4 is 0 Å². The second-order valence-electron chi connectivity index (χ2n) is 13.0. The molecule has 218 valence electrons. The van der Waals surface area contributed by atoms with Crippen LogP contribution in [-0.4, -0.2) is 0 Å². The van der Waals surface area contributed by atoms with Crippen molar-refractivity contribution in [2.75, 3.05) is 0 Å². The third-order valence-electron chi connectivity index (χ3n) is 10.1. The second kappa shape index (κ2) is 10.3. The topological polar surface area (TPSA) is 0 Å². The summed E-state index contributed by atoms with van der Waals surface area (Å²) in [6.07, 6.45) is 0. The van der Waals surface area contributed by atoms with Gasteiger partial charge in [0, 0.05) is 9.90 Å². The smallest absolute Gasteiger partial charge is 0.0298 e. The Bertz CT molecular complexity index is 2520. The monoisotopic (exact) mass is 650 g/mol. The molecule has 0 saturated carbocycles. The molecule has 1 aliphatic rings. The molecule has 0 amide bonds. The first-order chi connectivity index (χ1) is 22.5. The molecular weight excluding hydrogens is 620 g/mol. The molecule has 1 heteroatoms. The summed E-state index contributed by atoms with van der Waals surface area (Å²) in [4.78, 5) is 0. The van der Waals surface area contributed by atoms with Crippen LogP contribution >= 0.6 is 15.9 Å². The van der Waals surface area contributed by atoms with Crippen molar-refractivity contribution in [2.24, 2.45) is 0 Å². The van der Waals surface area contributed by atoms with Gasteiger partial charge in [0.25, 0.3) is 0 Å². The van der Waals surface area contributed by atoms with Crippen LogP contribution in [0.1, 0.15) is 30.5 Å². The van der Waals surface area contributed by atoms with Crippen LogP contribution in [0.4, 0.5) is 0 Å². The van der Waals surface area contributed by atoms with E-state index in [1.807, 2.05) is 0 Å². The van der Waals surface area contributed by atoms with Gasteiger partial charge in [-0.25, -0.2) is 0 Å². The van der Waals surface area contributed by atoms with Gasteiger partial charge in [0.2, 0.25) is 0 Å². The van der Waals surface area contributed by atoms with Crippen LogP contribution in [0.2, 0.25) is 0 Å². The lowest BCUT2D eigenvalue weighted by Gasteiger charge is -2.26. The number of halogens is 1. The molecule has 0 spiro atoms. The average Bonchev–Trinajstić information content (AvgIpc) is 3.31. The lowest BCUT2D eigenvalue weighted by Crippen LogP contribution is -2.16. The van der Waals surface area contributed by atoms with Crippen LogP contribution in [0.25, 0.3) is 75.4 Å². The van der Waals surface area contributed by atoms with Gasteiger partial charge in [-0.05, 0) is 116 Å². The fourth-order valence-corrected chi connectivity index (χ4v) is 8.98. The van der Waals surface area contributed by atoms with Crippen LogP contribution in [0.3, 0.4) is 0 Å². The van der Waals surface area contributed by atoms with E-state index in [0.717, 1.165) is 0 Å². The Kier molecular flexibility index (Phi) is 6.11. The Labute approximate surface area is 277 Å². The molecule has 8 aromatic rings. The van der Waals surface area contributed by atoms with Crippen molar-refractivity contribution in [1.29, 1.82) is 0 Å². The van der Waals surface area contributed by atoms with Crippen molar-refractivity contribution >= 4 is 69.1 Å². The Morgan fingerprint density at radius 2 is 0.870 bits per heavy atom. The fraction of sp³-hybridized carbons (Fsp3) is 0.0667. The Morgan fingerprint density at radius 1 is 0.391 bits per heavy atom. The predicted octanol–water partition coefficient (Wildman–Crippen LogP) is 13.2. The van der Waals surface area contributed by atoms with E-state index >= 15 is 0 Å². The molecule has 0 fully saturated rings. The summed E-state index contributed by atoms with van der Waals surface area (Å²) in [5.74, 6) is 0. The highest BCUT2D eigenvalue weighted by Gasteiger charge is 2.38. The van der Waals surface area contributed by atoms with Crippen molar-refractivity contribution in [3.63, 3.8) is 0 Å². The van der Waals surface area contributed by atoms with Crippen LogP contribution in [0, 0.1) is 0 Å². The normalized spacial score (nSPS) is 14.1. The summed E-state index contributed by atoms with van der Waals surface area (Å²) in [6.45, 7) is 4.71. The van der Waals surface area contributed by atoms with Crippen LogP contribution in [0.5, 0.6) is 0 Å². The number of allylic oxidation sites excluding steroid dienone is 1. The molecule has 0 radical (unpaired) electrons. The van der Waals surface area contributed by atoms with E-state index in [4.69, 9.17) is 0 Å². The molecule has 0 nitrogen and oxygen atoms in total. The molecule has 1 aliphatic carbocycles. The number of rotatable bonds is 3. The van der Waals surface area contributed by atoms with Gasteiger partial charge in [0.15, 0.2) is 0 Å². The molecule has 0 saturated heterocycles.